The number of thioether (sulfide) groups is 1. The molecule has 0 bridgehead atoms. The van der Waals surface area contributed by atoms with Crippen LogP contribution in [0.15, 0.2) is 67.3 Å². The van der Waals surface area contributed by atoms with E-state index in [1.807, 2.05) is 42.6 Å². The standard InChI is InChI=1S/C22H25ClN2OS/c1-22(2,3)26-20-10-6-18(7-11-20)21(14-25-13-12-24-16-25)27-15-17-4-8-19(23)9-5-17/h4-13,16,21H,14-15H2,1-3H3. The van der Waals surface area contributed by atoms with Crippen LogP contribution in [0.25, 0.3) is 0 Å². The van der Waals surface area contributed by atoms with Gasteiger partial charge in [0.15, 0.2) is 0 Å². The lowest BCUT2D eigenvalue weighted by Gasteiger charge is -2.22. The predicted octanol–water partition coefficient (Wildman–Crippen LogP) is 6.39. The van der Waals surface area contributed by atoms with E-state index in [0.29, 0.717) is 5.25 Å². The van der Waals surface area contributed by atoms with Crippen molar-refractivity contribution < 1.29 is 4.74 Å². The molecule has 0 fully saturated rings. The molecule has 3 aromatic rings. The minimum absolute atomic E-state index is 0.193. The van der Waals surface area contributed by atoms with Gasteiger partial charge in [-0.05, 0) is 56.2 Å². The van der Waals surface area contributed by atoms with Gasteiger partial charge in [-0.25, -0.2) is 4.98 Å². The van der Waals surface area contributed by atoms with E-state index in [9.17, 15) is 0 Å². The monoisotopic (exact) mass is 400 g/mol. The number of aromatic nitrogens is 2. The van der Waals surface area contributed by atoms with Gasteiger partial charge in [0, 0.05) is 35.0 Å². The molecule has 1 heterocycles. The first-order chi connectivity index (χ1) is 12.9. The summed E-state index contributed by atoms with van der Waals surface area (Å²) in [7, 11) is 0. The number of nitrogens with zero attached hydrogens (tertiary/aromatic N) is 2. The van der Waals surface area contributed by atoms with E-state index in [1.54, 1.807) is 0 Å². The van der Waals surface area contributed by atoms with Crippen molar-refractivity contribution in [3.63, 3.8) is 0 Å². The van der Waals surface area contributed by atoms with Crippen molar-refractivity contribution in [1.82, 2.24) is 9.55 Å². The van der Waals surface area contributed by atoms with E-state index >= 15 is 0 Å². The van der Waals surface area contributed by atoms with Gasteiger partial charge in [-0.15, -0.1) is 11.8 Å². The highest BCUT2D eigenvalue weighted by molar-refractivity contribution is 7.98. The third-order valence-electron chi connectivity index (χ3n) is 3.98. The molecule has 3 nitrogen and oxygen atoms in total. The molecule has 0 saturated heterocycles. The fourth-order valence-electron chi connectivity index (χ4n) is 2.72. The maximum Gasteiger partial charge on any atom is 0.120 e. The Hall–Kier alpha value is -1.91. The van der Waals surface area contributed by atoms with Gasteiger partial charge in [0.1, 0.15) is 11.4 Å². The summed E-state index contributed by atoms with van der Waals surface area (Å²) in [6, 6.07) is 16.5. The van der Waals surface area contributed by atoms with Crippen LogP contribution in [0.4, 0.5) is 0 Å². The number of imidazole rings is 1. The summed E-state index contributed by atoms with van der Waals surface area (Å²) in [5.74, 6) is 1.83. The van der Waals surface area contributed by atoms with Crippen LogP contribution in [0.3, 0.4) is 0 Å². The van der Waals surface area contributed by atoms with Crippen LogP contribution in [-0.2, 0) is 12.3 Å². The summed E-state index contributed by atoms with van der Waals surface area (Å²) < 4.78 is 8.07. The molecule has 142 valence electrons. The summed E-state index contributed by atoms with van der Waals surface area (Å²) >= 11 is 7.92. The Morgan fingerprint density at radius 2 is 1.78 bits per heavy atom. The number of hydrogen-bond acceptors (Lipinski definition) is 3. The molecule has 1 unspecified atom stereocenters. The SMILES string of the molecule is CC(C)(C)Oc1ccc(C(Cn2ccnc2)SCc2ccc(Cl)cc2)cc1. The van der Waals surface area contributed by atoms with E-state index in [2.05, 4.69) is 66.7 Å². The predicted molar refractivity (Wildman–Crippen MR) is 115 cm³/mol. The fourth-order valence-corrected chi connectivity index (χ4v) is 4.06. The van der Waals surface area contributed by atoms with E-state index < -0.39 is 0 Å². The molecule has 5 heteroatoms. The third kappa shape index (κ3) is 6.33. The Balaban J connectivity index is 1.73. The number of rotatable bonds is 7. The molecule has 0 aliphatic heterocycles. The zero-order valence-electron chi connectivity index (χ0n) is 15.9. The Labute approximate surface area is 170 Å². The summed E-state index contributed by atoms with van der Waals surface area (Å²) in [6.07, 6.45) is 5.70. The summed E-state index contributed by atoms with van der Waals surface area (Å²) in [4.78, 5) is 4.17. The largest absolute Gasteiger partial charge is 0.488 e. The highest BCUT2D eigenvalue weighted by atomic mass is 35.5. The fraction of sp³-hybridized carbons (Fsp3) is 0.318. The topological polar surface area (TPSA) is 27.1 Å². The molecule has 3 rings (SSSR count). The molecule has 0 spiro atoms. The van der Waals surface area contributed by atoms with Gasteiger partial charge in [0.05, 0.1) is 6.33 Å². The average Bonchev–Trinajstić information content (AvgIpc) is 3.12. The molecule has 1 atom stereocenters. The second-order valence-electron chi connectivity index (χ2n) is 7.47. The molecule has 0 aliphatic rings. The highest BCUT2D eigenvalue weighted by Crippen LogP contribution is 2.34. The van der Waals surface area contributed by atoms with Crippen LogP contribution >= 0.6 is 23.4 Å². The van der Waals surface area contributed by atoms with Crippen LogP contribution in [0.2, 0.25) is 5.02 Å². The van der Waals surface area contributed by atoms with Crippen molar-refractivity contribution in [3.05, 3.63) is 83.4 Å². The average molecular weight is 401 g/mol. The lowest BCUT2D eigenvalue weighted by molar-refractivity contribution is 0.131. The van der Waals surface area contributed by atoms with Gasteiger partial charge in [0.2, 0.25) is 0 Å². The van der Waals surface area contributed by atoms with E-state index in [4.69, 9.17) is 16.3 Å². The van der Waals surface area contributed by atoms with Crippen molar-refractivity contribution in [2.24, 2.45) is 0 Å². The molecule has 0 radical (unpaired) electrons. The number of ether oxygens (including phenoxy) is 1. The van der Waals surface area contributed by atoms with E-state index in [-0.39, 0.29) is 5.60 Å². The maximum atomic E-state index is 6.00. The first kappa shape index (κ1) is 19.8. The van der Waals surface area contributed by atoms with Crippen molar-refractivity contribution in [2.75, 3.05) is 0 Å². The molecule has 0 amide bonds. The molecule has 0 aliphatic carbocycles. The van der Waals surface area contributed by atoms with Gasteiger partial charge in [-0.1, -0.05) is 35.9 Å². The van der Waals surface area contributed by atoms with Gasteiger partial charge < -0.3 is 9.30 Å². The molecule has 1 aromatic heterocycles. The van der Waals surface area contributed by atoms with Crippen molar-refractivity contribution >= 4 is 23.4 Å². The zero-order chi connectivity index (χ0) is 19.3. The Morgan fingerprint density at radius 1 is 1.07 bits per heavy atom. The summed E-state index contributed by atoms with van der Waals surface area (Å²) in [5, 5.41) is 1.09. The molecule has 2 aromatic carbocycles. The van der Waals surface area contributed by atoms with Gasteiger partial charge in [-0.3, -0.25) is 0 Å². The van der Waals surface area contributed by atoms with E-state index in [0.717, 1.165) is 23.1 Å². The molecular formula is C22H25ClN2OS. The van der Waals surface area contributed by atoms with Crippen LogP contribution in [-0.4, -0.2) is 15.2 Å². The highest BCUT2D eigenvalue weighted by Gasteiger charge is 2.15. The first-order valence-corrected chi connectivity index (χ1v) is 10.4. The molecule has 27 heavy (non-hydrogen) atoms. The van der Waals surface area contributed by atoms with Crippen molar-refractivity contribution in [3.8, 4) is 5.75 Å². The van der Waals surface area contributed by atoms with Crippen LogP contribution in [0, 0.1) is 0 Å². The molecule has 0 N–H and O–H groups in total. The Morgan fingerprint density at radius 3 is 2.37 bits per heavy atom. The van der Waals surface area contributed by atoms with Crippen LogP contribution in [0.1, 0.15) is 37.1 Å². The van der Waals surface area contributed by atoms with Crippen molar-refractivity contribution in [1.29, 1.82) is 0 Å². The number of benzene rings is 2. The Bertz CT molecular complexity index is 824. The Kier molecular flexibility index (Phi) is 6.51. The third-order valence-corrected chi connectivity index (χ3v) is 5.55. The van der Waals surface area contributed by atoms with Crippen LogP contribution < -0.4 is 4.74 Å². The maximum absolute atomic E-state index is 6.00. The van der Waals surface area contributed by atoms with Crippen LogP contribution in [0.5, 0.6) is 5.75 Å². The van der Waals surface area contributed by atoms with Gasteiger partial charge in [-0.2, -0.15) is 0 Å². The molecule has 0 saturated carbocycles. The van der Waals surface area contributed by atoms with Gasteiger partial charge >= 0.3 is 0 Å². The second kappa shape index (κ2) is 8.85. The lowest BCUT2D eigenvalue weighted by Crippen LogP contribution is -2.22. The minimum Gasteiger partial charge on any atom is -0.488 e. The lowest BCUT2D eigenvalue weighted by atomic mass is 10.1. The number of hydrogen-bond donors (Lipinski definition) is 0. The van der Waals surface area contributed by atoms with Gasteiger partial charge in [0.25, 0.3) is 0 Å². The second-order valence-corrected chi connectivity index (χ2v) is 9.10. The first-order valence-electron chi connectivity index (χ1n) is 9.00. The number of halogens is 1. The quantitative estimate of drug-likeness (QED) is 0.459. The zero-order valence-corrected chi connectivity index (χ0v) is 17.5. The summed E-state index contributed by atoms with van der Waals surface area (Å²) in [5.41, 5.74) is 2.36. The normalized spacial score (nSPS) is 12.7. The summed E-state index contributed by atoms with van der Waals surface area (Å²) in [6.45, 7) is 7.05. The van der Waals surface area contributed by atoms with Crippen molar-refractivity contribution in [2.45, 2.75) is 43.9 Å². The smallest absolute Gasteiger partial charge is 0.120 e. The minimum atomic E-state index is -0.193. The van der Waals surface area contributed by atoms with E-state index in [1.165, 1.54) is 11.1 Å². The molecular weight excluding hydrogens is 376 g/mol.